The van der Waals surface area contributed by atoms with E-state index < -0.39 is 0 Å². The number of benzene rings is 1. The Balaban J connectivity index is 2.33. The van der Waals surface area contributed by atoms with Crippen molar-refractivity contribution in [3.05, 3.63) is 47.8 Å². The second-order valence-electron chi connectivity index (χ2n) is 5.00. The highest BCUT2D eigenvalue weighted by molar-refractivity contribution is 5.55. The zero-order chi connectivity index (χ0) is 14.7. The molecule has 0 bridgehead atoms. The van der Waals surface area contributed by atoms with E-state index in [0.29, 0.717) is 12.2 Å². The lowest BCUT2D eigenvalue weighted by Crippen LogP contribution is -2.24. The van der Waals surface area contributed by atoms with Gasteiger partial charge in [-0.15, -0.1) is 0 Å². The highest BCUT2D eigenvalue weighted by Crippen LogP contribution is 2.29. The lowest BCUT2D eigenvalue weighted by molar-refractivity contribution is 0.599. The number of imidazole rings is 1. The molecule has 0 radical (unpaired) electrons. The molecule has 1 atom stereocenters. The standard InChI is InChI=1S/C15H21FN4/c1-11(17-2)12-6-5-7-13(16)15(12)20(4)10-14-18-8-9-19(14)3/h5-9,11,17H,10H2,1-4H3. The van der Waals surface area contributed by atoms with E-state index in [1.165, 1.54) is 6.07 Å². The first kappa shape index (κ1) is 14.5. The number of aromatic nitrogens is 2. The van der Waals surface area contributed by atoms with Gasteiger partial charge < -0.3 is 14.8 Å². The third-order valence-corrected chi connectivity index (χ3v) is 3.60. The van der Waals surface area contributed by atoms with Crippen LogP contribution in [0.1, 0.15) is 24.4 Å². The van der Waals surface area contributed by atoms with Gasteiger partial charge in [-0.05, 0) is 25.6 Å². The van der Waals surface area contributed by atoms with Crippen LogP contribution in [0.2, 0.25) is 0 Å². The van der Waals surface area contributed by atoms with E-state index in [-0.39, 0.29) is 11.9 Å². The molecular formula is C15H21FN4. The summed E-state index contributed by atoms with van der Waals surface area (Å²) < 4.78 is 16.2. The van der Waals surface area contributed by atoms with E-state index in [1.807, 2.05) is 49.8 Å². The van der Waals surface area contributed by atoms with E-state index in [4.69, 9.17) is 0 Å². The van der Waals surface area contributed by atoms with Crippen molar-refractivity contribution >= 4 is 5.69 Å². The van der Waals surface area contributed by atoms with Gasteiger partial charge in [0.05, 0.1) is 12.2 Å². The highest BCUT2D eigenvalue weighted by Gasteiger charge is 2.17. The summed E-state index contributed by atoms with van der Waals surface area (Å²) in [5, 5.41) is 3.16. The smallest absolute Gasteiger partial charge is 0.146 e. The Labute approximate surface area is 119 Å². The Morgan fingerprint density at radius 1 is 1.45 bits per heavy atom. The SMILES string of the molecule is CNC(C)c1cccc(F)c1N(C)Cc1nccn1C. The Morgan fingerprint density at radius 2 is 2.20 bits per heavy atom. The van der Waals surface area contributed by atoms with Gasteiger partial charge in [0.15, 0.2) is 0 Å². The molecule has 2 aromatic rings. The number of aryl methyl sites for hydroxylation is 1. The zero-order valence-corrected chi connectivity index (χ0v) is 12.4. The largest absolute Gasteiger partial charge is 0.364 e. The summed E-state index contributed by atoms with van der Waals surface area (Å²) in [5.74, 6) is 0.695. The molecule has 2 rings (SSSR count). The van der Waals surface area contributed by atoms with Gasteiger partial charge in [-0.25, -0.2) is 9.37 Å². The third-order valence-electron chi connectivity index (χ3n) is 3.60. The van der Waals surface area contributed by atoms with Crippen molar-refractivity contribution in [1.29, 1.82) is 0 Å². The molecule has 0 spiro atoms. The van der Waals surface area contributed by atoms with Crippen LogP contribution in [0.25, 0.3) is 0 Å². The maximum absolute atomic E-state index is 14.2. The summed E-state index contributed by atoms with van der Waals surface area (Å²) >= 11 is 0. The highest BCUT2D eigenvalue weighted by atomic mass is 19.1. The van der Waals surface area contributed by atoms with E-state index in [9.17, 15) is 4.39 Å². The Hall–Kier alpha value is -1.88. The van der Waals surface area contributed by atoms with Crippen molar-refractivity contribution in [2.75, 3.05) is 19.0 Å². The minimum absolute atomic E-state index is 0.0875. The molecule has 0 amide bonds. The lowest BCUT2D eigenvalue weighted by atomic mass is 10.0. The summed E-state index contributed by atoms with van der Waals surface area (Å²) in [7, 11) is 5.70. The number of rotatable bonds is 5. The van der Waals surface area contributed by atoms with Crippen molar-refractivity contribution in [3.63, 3.8) is 0 Å². The van der Waals surface area contributed by atoms with Crippen molar-refractivity contribution in [1.82, 2.24) is 14.9 Å². The molecule has 20 heavy (non-hydrogen) atoms. The first-order chi connectivity index (χ1) is 9.54. The van der Waals surface area contributed by atoms with E-state index >= 15 is 0 Å². The average molecular weight is 276 g/mol. The maximum atomic E-state index is 14.2. The van der Waals surface area contributed by atoms with E-state index in [0.717, 1.165) is 11.4 Å². The van der Waals surface area contributed by atoms with Gasteiger partial charge in [-0.2, -0.15) is 0 Å². The summed E-state index contributed by atoms with van der Waals surface area (Å²) in [6.07, 6.45) is 3.64. The molecule has 4 nitrogen and oxygen atoms in total. The Kier molecular flexibility index (Phi) is 4.39. The molecule has 0 fully saturated rings. The summed E-state index contributed by atoms with van der Waals surface area (Å²) in [6, 6.07) is 5.28. The van der Waals surface area contributed by atoms with Crippen LogP contribution in [0.5, 0.6) is 0 Å². The Morgan fingerprint density at radius 3 is 2.80 bits per heavy atom. The molecule has 1 heterocycles. The average Bonchev–Trinajstić information content (AvgIpc) is 2.82. The number of hydrogen-bond donors (Lipinski definition) is 1. The molecule has 0 saturated heterocycles. The maximum Gasteiger partial charge on any atom is 0.146 e. The molecule has 1 aromatic carbocycles. The van der Waals surface area contributed by atoms with Gasteiger partial charge in [0.2, 0.25) is 0 Å². The third kappa shape index (κ3) is 2.82. The summed E-state index contributed by atoms with van der Waals surface area (Å²) in [6.45, 7) is 2.58. The van der Waals surface area contributed by atoms with Crippen LogP contribution in [0.4, 0.5) is 10.1 Å². The molecule has 0 aliphatic carbocycles. The molecule has 1 unspecified atom stereocenters. The fourth-order valence-corrected chi connectivity index (χ4v) is 2.28. The van der Waals surface area contributed by atoms with Crippen molar-refractivity contribution in [2.45, 2.75) is 19.5 Å². The van der Waals surface area contributed by atoms with Crippen LogP contribution >= 0.6 is 0 Å². The number of nitrogens with zero attached hydrogens (tertiary/aromatic N) is 3. The van der Waals surface area contributed by atoms with Crippen molar-refractivity contribution in [2.24, 2.45) is 7.05 Å². The Bertz CT molecular complexity index is 579. The first-order valence-electron chi connectivity index (χ1n) is 6.67. The predicted octanol–water partition coefficient (Wildman–Crippen LogP) is 2.48. The monoisotopic (exact) mass is 276 g/mol. The fraction of sp³-hybridized carbons (Fsp3) is 0.400. The van der Waals surface area contributed by atoms with Crippen molar-refractivity contribution < 1.29 is 4.39 Å². The van der Waals surface area contributed by atoms with E-state index in [1.54, 1.807) is 12.3 Å². The van der Waals surface area contributed by atoms with Crippen LogP contribution in [0, 0.1) is 5.82 Å². The molecule has 1 N–H and O–H groups in total. The quantitative estimate of drug-likeness (QED) is 0.910. The van der Waals surface area contributed by atoms with Crippen LogP contribution in [0.3, 0.4) is 0 Å². The molecule has 0 aliphatic rings. The second kappa shape index (κ2) is 6.05. The van der Waals surface area contributed by atoms with Gasteiger partial charge in [0, 0.05) is 32.5 Å². The number of anilines is 1. The molecular weight excluding hydrogens is 255 g/mol. The number of nitrogens with one attached hydrogen (secondary N) is 1. The fourth-order valence-electron chi connectivity index (χ4n) is 2.28. The minimum Gasteiger partial charge on any atom is -0.364 e. The molecule has 108 valence electrons. The molecule has 5 heteroatoms. The lowest BCUT2D eigenvalue weighted by Gasteiger charge is -2.25. The summed E-state index contributed by atoms with van der Waals surface area (Å²) in [5.41, 5.74) is 1.57. The predicted molar refractivity (Wildman–Crippen MR) is 79.2 cm³/mol. The topological polar surface area (TPSA) is 33.1 Å². The van der Waals surface area contributed by atoms with Gasteiger partial charge in [0.1, 0.15) is 11.6 Å². The molecule has 0 aliphatic heterocycles. The first-order valence-corrected chi connectivity index (χ1v) is 6.67. The van der Waals surface area contributed by atoms with Crippen LogP contribution in [-0.4, -0.2) is 23.6 Å². The second-order valence-corrected chi connectivity index (χ2v) is 5.00. The molecule has 0 saturated carbocycles. The van der Waals surface area contributed by atoms with Crippen LogP contribution in [-0.2, 0) is 13.6 Å². The van der Waals surface area contributed by atoms with Crippen molar-refractivity contribution in [3.8, 4) is 0 Å². The number of halogens is 1. The van der Waals surface area contributed by atoms with Crippen LogP contribution in [0.15, 0.2) is 30.6 Å². The summed E-state index contributed by atoms with van der Waals surface area (Å²) in [4.78, 5) is 6.19. The normalized spacial score (nSPS) is 12.4. The number of hydrogen-bond acceptors (Lipinski definition) is 3. The van der Waals surface area contributed by atoms with Gasteiger partial charge in [-0.1, -0.05) is 12.1 Å². The minimum atomic E-state index is -0.207. The molecule has 1 aromatic heterocycles. The number of para-hydroxylation sites is 1. The van der Waals surface area contributed by atoms with Gasteiger partial charge >= 0.3 is 0 Å². The van der Waals surface area contributed by atoms with Crippen LogP contribution < -0.4 is 10.2 Å². The van der Waals surface area contributed by atoms with Gasteiger partial charge in [-0.3, -0.25) is 0 Å². The van der Waals surface area contributed by atoms with Gasteiger partial charge in [0.25, 0.3) is 0 Å². The zero-order valence-electron chi connectivity index (χ0n) is 12.4. The van der Waals surface area contributed by atoms with E-state index in [2.05, 4.69) is 10.3 Å².